The SMILES string of the molecule is CCCC/C(=C/[I+]c1ccc(C(F)(F)F)cc1)CC. The summed E-state index contributed by atoms with van der Waals surface area (Å²) < 4.78 is 40.6. The Morgan fingerprint density at radius 3 is 2.26 bits per heavy atom. The Kier molecular flexibility index (Phi) is 6.89. The van der Waals surface area contributed by atoms with Gasteiger partial charge in [0.25, 0.3) is 0 Å². The highest BCUT2D eigenvalue weighted by molar-refractivity contribution is 5.17. The Labute approximate surface area is 123 Å². The molecule has 0 atom stereocenters. The number of rotatable bonds is 6. The molecule has 0 spiro atoms. The molecule has 0 saturated heterocycles. The number of allylic oxidation sites excluding steroid dienone is 1. The standard InChI is InChI=1S/C15H19F3I/c1-3-5-6-12(4-2)11-19-14-9-7-13(8-10-14)15(16,17)18/h7-11H,3-6H2,1-2H3/q+1/b12-11+. The zero-order valence-electron chi connectivity index (χ0n) is 11.2. The van der Waals surface area contributed by atoms with E-state index in [1.807, 2.05) is 0 Å². The first-order valence-electron chi connectivity index (χ1n) is 6.46. The minimum absolute atomic E-state index is 0.317. The normalized spacial score (nSPS) is 12.8. The number of alkyl halides is 3. The molecular weight excluding hydrogens is 364 g/mol. The summed E-state index contributed by atoms with van der Waals surface area (Å²) in [5, 5.41) is 0. The number of hydrogen-bond donors (Lipinski definition) is 0. The monoisotopic (exact) mass is 383 g/mol. The summed E-state index contributed by atoms with van der Waals surface area (Å²) in [5.41, 5.74) is 0.875. The van der Waals surface area contributed by atoms with Gasteiger partial charge in [0, 0.05) is 0 Å². The summed E-state index contributed by atoms with van der Waals surface area (Å²) >= 11 is -0.317. The summed E-state index contributed by atoms with van der Waals surface area (Å²) in [6.07, 6.45) is 0.294. The fraction of sp³-hybridized carbons (Fsp3) is 0.467. The number of halogens is 4. The summed E-state index contributed by atoms with van der Waals surface area (Å²) in [7, 11) is 0. The van der Waals surface area contributed by atoms with E-state index < -0.39 is 11.7 Å². The minimum Gasteiger partial charge on any atom is -0.166 e. The fourth-order valence-electron chi connectivity index (χ4n) is 1.56. The van der Waals surface area contributed by atoms with Crippen LogP contribution in [-0.2, 0) is 6.18 Å². The maximum atomic E-state index is 12.4. The molecule has 0 fully saturated rings. The van der Waals surface area contributed by atoms with E-state index in [9.17, 15) is 13.2 Å². The van der Waals surface area contributed by atoms with Gasteiger partial charge in [-0.3, -0.25) is 0 Å². The molecule has 0 N–H and O–H groups in total. The lowest BCUT2D eigenvalue weighted by Crippen LogP contribution is -3.59. The first kappa shape index (κ1) is 16.5. The smallest absolute Gasteiger partial charge is 0.166 e. The van der Waals surface area contributed by atoms with E-state index in [2.05, 4.69) is 17.9 Å². The van der Waals surface area contributed by atoms with Crippen molar-refractivity contribution < 1.29 is 34.4 Å². The van der Waals surface area contributed by atoms with Crippen molar-refractivity contribution in [2.75, 3.05) is 0 Å². The number of hydrogen-bond acceptors (Lipinski definition) is 0. The predicted octanol–water partition coefficient (Wildman–Crippen LogP) is 2.45. The van der Waals surface area contributed by atoms with Crippen molar-refractivity contribution in [2.24, 2.45) is 0 Å². The Morgan fingerprint density at radius 1 is 1.16 bits per heavy atom. The van der Waals surface area contributed by atoms with Crippen molar-refractivity contribution in [3.8, 4) is 0 Å². The summed E-state index contributed by atoms with van der Waals surface area (Å²) in [4.78, 5) is 0. The van der Waals surface area contributed by atoms with Gasteiger partial charge in [0.1, 0.15) is 0 Å². The molecular formula is C15H19F3I+. The molecule has 19 heavy (non-hydrogen) atoms. The zero-order valence-corrected chi connectivity index (χ0v) is 13.4. The molecule has 106 valence electrons. The van der Waals surface area contributed by atoms with Gasteiger partial charge in [0.05, 0.1) is 5.56 Å². The van der Waals surface area contributed by atoms with E-state index in [1.54, 1.807) is 12.1 Å². The van der Waals surface area contributed by atoms with Gasteiger partial charge in [-0.25, -0.2) is 0 Å². The van der Waals surface area contributed by atoms with Gasteiger partial charge >= 0.3 is 27.4 Å². The van der Waals surface area contributed by atoms with Crippen LogP contribution in [0.2, 0.25) is 0 Å². The van der Waals surface area contributed by atoms with Crippen molar-refractivity contribution >= 4 is 0 Å². The topological polar surface area (TPSA) is 0 Å². The molecule has 0 heterocycles. The third-order valence-corrected chi connectivity index (χ3v) is 5.44. The second-order valence-electron chi connectivity index (χ2n) is 4.34. The van der Waals surface area contributed by atoms with Crippen molar-refractivity contribution in [3.05, 3.63) is 43.1 Å². The third kappa shape index (κ3) is 5.97. The maximum Gasteiger partial charge on any atom is 0.416 e. The van der Waals surface area contributed by atoms with Crippen LogP contribution >= 0.6 is 0 Å². The molecule has 0 unspecified atom stereocenters. The van der Waals surface area contributed by atoms with Crippen LogP contribution in [0.3, 0.4) is 0 Å². The largest absolute Gasteiger partial charge is 0.416 e. The zero-order chi connectivity index (χ0) is 14.3. The lowest BCUT2D eigenvalue weighted by Gasteiger charge is -2.04. The summed E-state index contributed by atoms with van der Waals surface area (Å²) in [6.45, 7) is 4.30. The molecule has 0 radical (unpaired) electrons. The van der Waals surface area contributed by atoms with E-state index in [-0.39, 0.29) is 21.2 Å². The molecule has 0 saturated carbocycles. The maximum absolute atomic E-state index is 12.4. The molecule has 0 nitrogen and oxygen atoms in total. The lowest BCUT2D eigenvalue weighted by atomic mass is 10.1. The van der Waals surface area contributed by atoms with Crippen LogP contribution in [0.25, 0.3) is 0 Å². The minimum atomic E-state index is -4.23. The first-order valence-corrected chi connectivity index (χ1v) is 8.78. The van der Waals surface area contributed by atoms with Gasteiger partial charge < -0.3 is 0 Å². The van der Waals surface area contributed by atoms with Crippen LogP contribution in [0.5, 0.6) is 0 Å². The van der Waals surface area contributed by atoms with Gasteiger partial charge in [-0.1, -0.05) is 20.3 Å². The Balaban J connectivity index is 2.64. The van der Waals surface area contributed by atoms with Crippen molar-refractivity contribution in [2.45, 2.75) is 45.7 Å². The number of benzene rings is 1. The molecule has 0 aromatic heterocycles. The first-order chi connectivity index (χ1) is 8.97. The second kappa shape index (κ2) is 7.92. The van der Waals surface area contributed by atoms with E-state index in [0.29, 0.717) is 0 Å². The molecule has 0 aliphatic rings. The van der Waals surface area contributed by atoms with Crippen LogP contribution in [0.15, 0.2) is 33.9 Å². The Hall–Kier alpha value is -0.520. The molecule has 0 amide bonds. The van der Waals surface area contributed by atoms with Crippen LogP contribution in [0.1, 0.15) is 45.1 Å². The van der Waals surface area contributed by atoms with Gasteiger partial charge in [0.2, 0.25) is 0 Å². The predicted molar refractivity (Wildman–Crippen MR) is 68.0 cm³/mol. The summed E-state index contributed by atoms with van der Waals surface area (Å²) in [5.74, 6) is 0. The van der Waals surface area contributed by atoms with Crippen molar-refractivity contribution in [1.82, 2.24) is 0 Å². The highest BCUT2D eigenvalue weighted by Gasteiger charge is 2.30. The fourth-order valence-corrected chi connectivity index (χ4v) is 3.89. The van der Waals surface area contributed by atoms with Crippen molar-refractivity contribution in [1.29, 1.82) is 0 Å². The van der Waals surface area contributed by atoms with Gasteiger partial charge in [0.15, 0.2) is 7.65 Å². The number of unbranched alkanes of at least 4 members (excludes halogenated alkanes) is 1. The van der Waals surface area contributed by atoms with Crippen LogP contribution in [0, 0.1) is 3.57 Å². The van der Waals surface area contributed by atoms with E-state index in [0.717, 1.165) is 16.4 Å². The molecule has 1 aromatic carbocycles. The van der Waals surface area contributed by atoms with E-state index in [1.165, 1.54) is 30.5 Å². The third-order valence-electron chi connectivity index (χ3n) is 2.81. The quantitative estimate of drug-likeness (QED) is 0.663. The van der Waals surface area contributed by atoms with Crippen LogP contribution < -0.4 is 21.2 Å². The van der Waals surface area contributed by atoms with Crippen LogP contribution in [0.4, 0.5) is 13.2 Å². The Morgan fingerprint density at radius 2 is 1.79 bits per heavy atom. The second-order valence-corrected chi connectivity index (χ2v) is 6.83. The van der Waals surface area contributed by atoms with Gasteiger partial charge in [-0.15, -0.1) is 0 Å². The molecule has 4 heteroatoms. The molecule has 0 aliphatic carbocycles. The van der Waals surface area contributed by atoms with E-state index in [4.69, 9.17) is 0 Å². The average molecular weight is 383 g/mol. The van der Waals surface area contributed by atoms with Gasteiger partial charge in [-0.05, 0) is 49.1 Å². The summed E-state index contributed by atoms with van der Waals surface area (Å²) in [6, 6.07) is 5.58. The van der Waals surface area contributed by atoms with Gasteiger partial charge in [-0.2, -0.15) is 13.2 Å². The van der Waals surface area contributed by atoms with Crippen LogP contribution in [-0.4, -0.2) is 0 Å². The average Bonchev–Trinajstić information content (AvgIpc) is 2.38. The highest BCUT2D eigenvalue weighted by atomic mass is 127. The lowest BCUT2D eigenvalue weighted by molar-refractivity contribution is -0.557. The van der Waals surface area contributed by atoms with E-state index >= 15 is 0 Å². The highest BCUT2D eigenvalue weighted by Crippen LogP contribution is 2.28. The van der Waals surface area contributed by atoms with Crippen molar-refractivity contribution in [3.63, 3.8) is 0 Å². The molecule has 0 aliphatic heterocycles. The molecule has 0 bridgehead atoms. The molecule has 1 aromatic rings. The Bertz CT molecular complexity index is 404. The molecule has 1 rings (SSSR count).